The first-order valence-electron chi connectivity index (χ1n) is 5.85. The molecule has 2 aliphatic rings. The Morgan fingerprint density at radius 2 is 2.31 bits per heavy atom. The highest BCUT2D eigenvalue weighted by molar-refractivity contribution is 5.98. The third kappa shape index (κ3) is 1.43. The molecule has 3 rings (SSSR count). The zero-order valence-electron chi connectivity index (χ0n) is 9.49. The van der Waals surface area contributed by atoms with Gasteiger partial charge in [0, 0.05) is 25.7 Å². The first-order valence-corrected chi connectivity index (χ1v) is 5.85. The van der Waals surface area contributed by atoms with Gasteiger partial charge in [0.15, 0.2) is 0 Å². The largest absolute Gasteiger partial charge is 0.337 e. The zero-order valence-corrected chi connectivity index (χ0v) is 9.49. The number of hydrogen-bond donors (Lipinski definition) is 1. The Hall–Kier alpha value is -1.35. The lowest BCUT2D eigenvalue weighted by molar-refractivity contribution is 0.0816. The Morgan fingerprint density at radius 3 is 3.06 bits per heavy atom. The van der Waals surface area contributed by atoms with Gasteiger partial charge in [0.05, 0.1) is 0 Å². The van der Waals surface area contributed by atoms with Gasteiger partial charge in [-0.3, -0.25) is 4.79 Å². The maximum absolute atomic E-state index is 11.9. The lowest BCUT2D eigenvalue weighted by Gasteiger charge is -2.09. The molecule has 3 nitrogen and oxygen atoms in total. The van der Waals surface area contributed by atoms with Crippen molar-refractivity contribution in [1.82, 2.24) is 10.2 Å². The van der Waals surface area contributed by atoms with Gasteiger partial charge in [0.2, 0.25) is 0 Å². The van der Waals surface area contributed by atoms with Gasteiger partial charge >= 0.3 is 0 Å². The first kappa shape index (κ1) is 9.85. The fourth-order valence-corrected chi connectivity index (χ4v) is 2.66. The SMILES string of the molecule is CN1Cc2ccc(C3CCNC3)cc2C1=O. The van der Waals surface area contributed by atoms with Gasteiger partial charge in [-0.15, -0.1) is 0 Å². The summed E-state index contributed by atoms with van der Waals surface area (Å²) >= 11 is 0. The van der Waals surface area contributed by atoms with Crippen molar-refractivity contribution in [3.63, 3.8) is 0 Å². The van der Waals surface area contributed by atoms with Gasteiger partial charge in [-0.2, -0.15) is 0 Å². The fraction of sp³-hybridized carbons (Fsp3) is 0.462. The van der Waals surface area contributed by atoms with E-state index in [4.69, 9.17) is 0 Å². The van der Waals surface area contributed by atoms with Crippen molar-refractivity contribution in [2.75, 3.05) is 20.1 Å². The van der Waals surface area contributed by atoms with Gasteiger partial charge in [-0.25, -0.2) is 0 Å². The van der Waals surface area contributed by atoms with Crippen LogP contribution in [0.2, 0.25) is 0 Å². The number of carbonyl (C=O) groups is 1. The molecule has 0 bridgehead atoms. The molecule has 0 radical (unpaired) electrons. The van der Waals surface area contributed by atoms with Crippen molar-refractivity contribution in [2.24, 2.45) is 0 Å². The molecule has 1 N–H and O–H groups in total. The zero-order chi connectivity index (χ0) is 11.1. The van der Waals surface area contributed by atoms with Crippen molar-refractivity contribution in [3.05, 3.63) is 34.9 Å². The van der Waals surface area contributed by atoms with Crippen molar-refractivity contribution < 1.29 is 4.79 Å². The van der Waals surface area contributed by atoms with E-state index in [9.17, 15) is 4.79 Å². The molecule has 1 fully saturated rings. The van der Waals surface area contributed by atoms with Crippen LogP contribution in [0.3, 0.4) is 0 Å². The van der Waals surface area contributed by atoms with E-state index in [-0.39, 0.29) is 5.91 Å². The normalized spacial score (nSPS) is 23.9. The molecule has 2 aliphatic heterocycles. The minimum atomic E-state index is 0.169. The minimum absolute atomic E-state index is 0.169. The van der Waals surface area contributed by atoms with Crippen LogP contribution < -0.4 is 5.32 Å². The van der Waals surface area contributed by atoms with Crippen LogP contribution in [-0.2, 0) is 6.54 Å². The topological polar surface area (TPSA) is 32.3 Å². The van der Waals surface area contributed by atoms with Crippen LogP contribution in [0.5, 0.6) is 0 Å². The van der Waals surface area contributed by atoms with E-state index in [1.54, 1.807) is 4.90 Å². The summed E-state index contributed by atoms with van der Waals surface area (Å²) in [5.74, 6) is 0.756. The lowest BCUT2D eigenvalue weighted by Crippen LogP contribution is -2.17. The number of carbonyl (C=O) groups excluding carboxylic acids is 1. The highest BCUT2D eigenvalue weighted by Gasteiger charge is 2.26. The highest BCUT2D eigenvalue weighted by Crippen LogP contribution is 2.28. The Morgan fingerprint density at radius 1 is 1.44 bits per heavy atom. The quantitative estimate of drug-likeness (QED) is 0.768. The summed E-state index contributed by atoms with van der Waals surface area (Å²) in [6.07, 6.45) is 1.18. The molecule has 0 spiro atoms. The Labute approximate surface area is 95.4 Å². The molecule has 2 heterocycles. The van der Waals surface area contributed by atoms with Gasteiger partial charge in [0.25, 0.3) is 5.91 Å². The van der Waals surface area contributed by atoms with Crippen LogP contribution in [0.1, 0.15) is 33.8 Å². The molecule has 3 heteroatoms. The molecule has 0 saturated carbocycles. The smallest absolute Gasteiger partial charge is 0.254 e. The highest BCUT2D eigenvalue weighted by atomic mass is 16.2. The van der Waals surface area contributed by atoms with Crippen LogP contribution in [0.15, 0.2) is 18.2 Å². The van der Waals surface area contributed by atoms with Crippen LogP contribution in [-0.4, -0.2) is 30.9 Å². The molecular weight excluding hydrogens is 200 g/mol. The van der Waals surface area contributed by atoms with Crippen molar-refractivity contribution in [2.45, 2.75) is 18.9 Å². The summed E-state index contributed by atoms with van der Waals surface area (Å²) in [7, 11) is 1.86. The second-order valence-corrected chi connectivity index (χ2v) is 4.77. The van der Waals surface area contributed by atoms with E-state index < -0.39 is 0 Å². The molecule has 1 atom stereocenters. The molecule has 84 valence electrons. The molecule has 0 aromatic heterocycles. The van der Waals surface area contributed by atoms with E-state index in [2.05, 4.69) is 23.5 Å². The van der Waals surface area contributed by atoms with E-state index >= 15 is 0 Å². The van der Waals surface area contributed by atoms with E-state index in [1.807, 2.05) is 7.05 Å². The Balaban J connectivity index is 1.96. The van der Waals surface area contributed by atoms with Gasteiger partial charge in [0.1, 0.15) is 0 Å². The molecule has 1 aromatic carbocycles. The molecule has 1 unspecified atom stereocenters. The molecule has 1 saturated heterocycles. The second-order valence-electron chi connectivity index (χ2n) is 4.77. The van der Waals surface area contributed by atoms with Crippen molar-refractivity contribution >= 4 is 5.91 Å². The molecular formula is C13H16N2O. The van der Waals surface area contributed by atoms with Crippen molar-refractivity contribution in [1.29, 1.82) is 0 Å². The van der Waals surface area contributed by atoms with E-state index in [0.29, 0.717) is 5.92 Å². The third-order valence-corrected chi connectivity index (χ3v) is 3.65. The number of benzene rings is 1. The van der Waals surface area contributed by atoms with Crippen LogP contribution in [0.4, 0.5) is 0 Å². The first-order chi connectivity index (χ1) is 7.75. The fourth-order valence-electron chi connectivity index (χ4n) is 2.66. The number of nitrogens with zero attached hydrogens (tertiary/aromatic N) is 1. The third-order valence-electron chi connectivity index (χ3n) is 3.65. The van der Waals surface area contributed by atoms with Crippen LogP contribution >= 0.6 is 0 Å². The van der Waals surface area contributed by atoms with Crippen LogP contribution in [0, 0.1) is 0 Å². The number of rotatable bonds is 1. The van der Waals surface area contributed by atoms with Gasteiger partial charge < -0.3 is 10.2 Å². The molecule has 1 aromatic rings. The molecule has 16 heavy (non-hydrogen) atoms. The molecule has 0 aliphatic carbocycles. The number of amides is 1. The summed E-state index contributed by atoms with van der Waals surface area (Å²) in [6.45, 7) is 2.90. The standard InChI is InChI=1S/C13H16N2O/c1-15-8-11-3-2-9(6-12(11)13(15)16)10-4-5-14-7-10/h2-3,6,10,14H,4-5,7-8H2,1H3. The summed E-state index contributed by atoms with van der Waals surface area (Å²) in [5, 5.41) is 3.36. The Kier molecular flexibility index (Phi) is 2.21. The van der Waals surface area contributed by atoms with Crippen LogP contribution in [0.25, 0.3) is 0 Å². The number of nitrogens with one attached hydrogen (secondary N) is 1. The molecule has 1 amide bonds. The Bertz CT molecular complexity index is 436. The average molecular weight is 216 g/mol. The monoisotopic (exact) mass is 216 g/mol. The van der Waals surface area contributed by atoms with E-state index in [0.717, 1.165) is 25.2 Å². The predicted octanol–water partition coefficient (Wildman–Crippen LogP) is 1.35. The second kappa shape index (κ2) is 3.59. The van der Waals surface area contributed by atoms with Gasteiger partial charge in [-0.1, -0.05) is 12.1 Å². The minimum Gasteiger partial charge on any atom is -0.337 e. The van der Waals surface area contributed by atoms with Crippen molar-refractivity contribution in [3.8, 4) is 0 Å². The van der Waals surface area contributed by atoms with Gasteiger partial charge in [-0.05, 0) is 36.1 Å². The average Bonchev–Trinajstić information content (AvgIpc) is 2.89. The number of hydrogen-bond acceptors (Lipinski definition) is 2. The van der Waals surface area contributed by atoms with E-state index in [1.165, 1.54) is 17.5 Å². The summed E-state index contributed by atoms with van der Waals surface area (Å²) in [5.41, 5.74) is 3.39. The maximum Gasteiger partial charge on any atom is 0.254 e. The summed E-state index contributed by atoms with van der Waals surface area (Å²) in [4.78, 5) is 13.7. The summed E-state index contributed by atoms with van der Waals surface area (Å²) in [6, 6.07) is 6.40. The lowest BCUT2D eigenvalue weighted by atomic mass is 9.95. The number of fused-ring (bicyclic) bond motifs is 1. The maximum atomic E-state index is 11.9. The summed E-state index contributed by atoms with van der Waals surface area (Å²) < 4.78 is 0. The predicted molar refractivity (Wildman–Crippen MR) is 62.5 cm³/mol.